The topological polar surface area (TPSA) is 123 Å². The predicted molar refractivity (Wildman–Crippen MR) is 122 cm³/mol. The normalized spacial score (nSPS) is 17.8. The monoisotopic (exact) mass is 478 g/mol. The fourth-order valence-electron chi connectivity index (χ4n) is 4.85. The van der Waals surface area contributed by atoms with E-state index in [4.69, 9.17) is 23.9 Å². The molecule has 2 aliphatic heterocycles. The third kappa shape index (κ3) is 3.28. The molecule has 2 aromatic heterocycles. The highest BCUT2D eigenvalue weighted by Crippen LogP contribution is 2.42. The van der Waals surface area contributed by atoms with E-state index in [9.17, 15) is 19.2 Å². The first kappa shape index (κ1) is 22.6. The summed E-state index contributed by atoms with van der Waals surface area (Å²) in [7, 11) is 1.47. The van der Waals surface area contributed by atoms with Crippen LogP contribution in [-0.4, -0.2) is 34.6 Å². The van der Waals surface area contributed by atoms with E-state index in [1.807, 2.05) is 6.07 Å². The van der Waals surface area contributed by atoms with E-state index in [0.717, 1.165) is 5.56 Å². The molecule has 0 saturated heterocycles. The summed E-state index contributed by atoms with van der Waals surface area (Å²) >= 11 is 0. The Morgan fingerprint density at radius 3 is 2.60 bits per heavy atom. The Hall–Kier alpha value is -4.21. The number of ether oxygens (including phenoxy) is 4. The lowest BCUT2D eigenvalue weighted by Gasteiger charge is -2.35. The van der Waals surface area contributed by atoms with Crippen molar-refractivity contribution in [3.63, 3.8) is 0 Å². The largest absolute Gasteiger partial charge is 0.492 e. The molecule has 5 rings (SSSR count). The number of hydrogen-bond acceptors (Lipinski definition) is 9. The summed E-state index contributed by atoms with van der Waals surface area (Å²) in [6, 6.07) is 6.83. The van der Waals surface area contributed by atoms with Crippen LogP contribution in [0.5, 0.6) is 11.5 Å². The number of aromatic nitrogens is 2. The van der Waals surface area contributed by atoms with Crippen LogP contribution in [-0.2, 0) is 42.6 Å². The van der Waals surface area contributed by atoms with Crippen LogP contribution in [0.25, 0.3) is 22.3 Å². The molecular formula is C25H22N2O8. The summed E-state index contributed by atoms with van der Waals surface area (Å²) in [5, 5.41) is 0.622. The van der Waals surface area contributed by atoms with Gasteiger partial charge in [-0.05, 0) is 30.7 Å². The summed E-state index contributed by atoms with van der Waals surface area (Å²) in [5.74, 6) is -1.22. The van der Waals surface area contributed by atoms with Gasteiger partial charge in [0.25, 0.3) is 5.56 Å². The van der Waals surface area contributed by atoms with Gasteiger partial charge in [0.2, 0.25) is 5.60 Å². The maximum absolute atomic E-state index is 13.5. The van der Waals surface area contributed by atoms with Crippen LogP contribution in [0, 0.1) is 0 Å². The number of methoxy groups -OCH3 is 1. The van der Waals surface area contributed by atoms with Gasteiger partial charge in [-0.2, -0.15) is 0 Å². The van der Waals surface area contributed by atoms with Gasteiger partial charge in [0.15, 0.2) is 11.5 Å². The minimum atomic E-state index is -1.70. The Bertz CT molecular complexity index is 1510. The number of carbonyl (C=O) groups excluding carboxylic acids is 3. The van der Waals surface area contributed by atoms with Crippen LogP contribution < -0.4 is 15.0 Å². The molecule has 0 aliphatic carbocycles. The zero-order chi connectivity index (χ0) is 25.1. The van der Waals surface area contributed by atoms with E-state index in [2.05, 4.69) is 0 Å². The predicted octanol–water partition coefficient (Wildman–Crippen LogP) is 2.58. The number of hydrogen-bond donors (Lipinski definition) is 0. The van der Waals surface area contributed by atoms with Crippen LogP contribution in [0.3, 0.4) is 0 Å². The van der Waals surface area contributed by atoms with Crippen molar-refractivity contribution in [2.24, 2.45) is 0 Å². The van der Waals surface area contributed by atoms with Gasteiger partial charge >= 0.3 is 17.9 Å². The minimum Gasteiger partial charge on any atom is -0.492 e. The van der Waals surface area contributed by atoms with Crippen molar-refractivity contribution in [3.05, 3.63) is 51.3 Å². The van der Waals surface area contributed by atoms with Crippen LogP contribution in [0.2, 0.25) is 0 Å². The van der Waals surface area contributed by atoms with Gasteiger partial charge in [0, 0.05) is 30.4 Å². The van der Waals surface area contributed by atoms with Gasteiger partial charge in [-0.3, -0.25) is 14.4 Å². The number of cyclic esters (lactones) is 1. The zero-order valence-electron chi connectivity index (χ0n) is 19.6. The Labute approximate surface area is 199 Å². The third-order valence-electron chi connectivity index (χ3n) is 6.35. The van der Waals surface area contributed by atoms with Gasteiger partial charge in [0.1, 0.15) is 6.61 Å². The lowest BCUT2D eigenvalue weighted by Crippen LogP contribution is -2.47. The van der Waals surface area contributed by atoms with Crippen molar-refractivity contribution in [2.45, 2.75) is 45.9 Å². The van der Waals surface area contributed by atoms with Crippen LogP contribution in [0.4, 0.5) is 0 Å². The SMILES string of the molecule is CC[C@@]1(OC(C)=O)C(=O)OCc2c1cc1n(c2=O)Cc2cc3c(OC)c(OC(C)=O)ccc3nc2-1. The molecule has 1 atom stereocenters. The lowest BCUT2D eigenvalue weighted by molar-refractivity contribution is -0.188. The van der Waals surface area contributed by atoms with Crippen molar-refractivity contribution in [1.82, 2.24) is 9.55 Å². The molecular weight excluding hydrogens is 456 g/mol. The second kappa shape index (κ2) is 7.93. The van der Waals surface area contributed by atoms with Crippen molar-refractivity contribution in [3.8, 4) is 22.9 Å². The number of nitrogens with zero attached hydrogens (tertiary/aromatic N) is 2. The van der Waals surface area contributed by atoms with Crippen molar-refractivity contribution in [2.75, 3.05) is 7.11 Å². The van der Waals surface area contributed by atoms with Gasteiger partial charge in [0.05, 0.1) is 36.1 Å². The number of benzene rings is 1. The van der Waals surface area contributed by atoms with E-state index in [1.165, 1.54) is 21.0 Å². The lowest BCUT2D eigenvalue weighted by atomic mass is 9.85. The Morgan fingerprint density at radius 1 is 1.17 bits per heavy atom. The third-order valence-corrected chi connectivity index (χ3v) is 6.35. The molecule has 0 spiro atoms. The van der Waals surface area contributed by atoms with Crippen LogP contribution >= 0.6 is 0 Å². The first-order chi connectivity index (χ1) is 16.7. The van der Waals surface area contributed by atoms with Crippen molar-refractivity contribution in [1.29, 1.82) is 0 Å². The van der Waals surface area contributed by atoms with E-state index in [-0.39, 0.29) is 36.4 Å². The van der Waals surface area contributed by atoms with Crippen molar-refractivity contribution < 1.29 is 33.3 Å². The molecule has 4 heterocycles. The first-order valence-electron chi connectivity index (χ1n) is 11.0. The second-order valence-electron chi connectivity index (χ2n) is 8.42. The molecule has 35 heavy (non-hydrogen) atoms. The molecule has 0 amide bonds. The average Bonchev–Trinajstić information content (AvgIpc) is 3.17. The van der Waals surface area contributed by atoms with E-state index in [1.54, 1.807) is 29.7 Å². The van der Waals surface area contributed by atoms with Crippen molar-refractivity contribution >= 4 is 28.8 Å². The van der Waals surface area contributed by atoms with E-state index in [0.29, 0.717) is 33.6 Å². The molecule has 10 heteroatoms. The summed E-state index contributed by atoms with van der Waals surface area (Å²) in [6.45, 7) is 4.23. The maximum atomic E-state index is 13.5. The number of pyridine rings is 2. The van der Waals surface area contributed by atoms with E-state index >= 15 is 0 Å². The smallest absolute Gasteiger partial charge is 0.355 e. The number of esters is 3. The number of fused-ring (bicyclic) bond motifs is 5. The highest BCUT2D eigenvalue weighted by molar-refractivity contribution is 5.92. The van der Waals surface area contributed by atoms with Crippen LogP contribution in [0.1, 0.15) is 43.9 Å². The molecule has 1 aromatic carbocycles. The van der Waals surface area contributed by atoms with E-state index < -0.39 is 23.5 Å². The fourth-order valence-corrected chi connectivity index (χ4v) is 4.85. The summed E-state index contributed by atoms with van der Waals surface area (Å²) in [4.78, 5) is 54.4. The average molecular weight is 478 g/mol. The quantitative estimate of drug-likeness (QED) is 0.322. The molecule has 0 radical (unpaired) electrons. The Kier molecular flexibility index (Phi) is 5.12. The summed E-state index contributed by atoms with van der Waals surface area (Å²) < 4.78 is 23.1. The molecule has 0 saturated carbocycles. The molecule has 0 fully saturated rings. The minimum absolute atomic E-state index is 0.107. The number of carbonyl (C=O) groups is 3. The highest BCUT2D eigenvalue weighted by Gasteiger charge is 2.50. The summed E-state index contributed by atoms with van der Waals surface area (Å²) in [6.07, 6.45) is 0.107. The molecule has 3 aromatic rings. The zero-order valence-corrected chi connectivity index (χ0v) is 19.6. The molecule has 0 bridgehead atoms. The van der Waals surface area contributed by atoms with Gasteiger partial charge in [-0.25, -0.2) is 9.78 Å². The Balaban J connectivity index is 1.73. The van der Waals surface area contributed by atoms with Gasteiger partial charge < -0.3 is 23.5 Å². The molecule has 0 N–H and O–H groups in total. The summed E-state index contributed by atoms with van der Waals surface area (Å²) in [5.41, 5.74) is 0.928. The first-order valence-corrected chi connectivity index (χ1v) is 11.0. The molecule has 180 valence electrons. The second-order valence-corrected chi connectivity index (χ2v) is 8.42. The number of rotatable bonds is 4. The Morgan fingerprint density at radius 2 is 1.94 bits per heavy atom. The molecule has 0 unspecified atom stereocenters. The highest BCUT2D eigenvalue weighted by atomic mass is 16.6. The standard InChI is InChI=1S/C25H22N2O8/c1-5-25(35-13(3)29)17-9-19-21-14(10-27(19)23(30)16(17)11-33-24(25)31)8-15-18(26-21)6-7-20(22(15)32-4)34-12(2)28/h6-9H,5,10-11H2,1-4H3/t25-/m0/s1. The van der Waals surface area contributed by atoms with Gasteiger partial charge in [-0.1, -0.05) is 6.92 Å². The molecule has 10 nitrogen and oxygen atoms in total. The maximum Gasteiger partial charge on any atom is 0.355 e. The van der Waals surface area contributed by atoms with Gasteiger partial charge in [-0.15, -0.1) is 0 Å². The molecule has 2 aliphatic rings. The fraction of sp³-hybridized carbons (Fsp3) is 0.320. The van der Waals surface area contributed by atoms with Crippen LogP contribution in [0.15, 0.2) is 29.1 Å².